The van der Waals surface area contributed by atoms with Crippen LogP contribution in [0.2, 0.25) is 0 Å². The Kier molecular flexibility index (Phi) is 5.79. The third-order valence-corrected chi connectivity index (χ3v) is 5.82. The van der Waals surface area contributed by atoms with Crippen LogP contribution in [0.3, 0.4) is 0 Å². The summed E-state index contributed by atoms with van der Waals surface area (Å²) in [4.78, 5) is 13.9. The van der Waals surface area contributed by atoms with Crippen molar-refractivity contribution in [1.82, 2.24) is 4.90 Å². The van der Waals surface area contributed by atoms with Crippen molar-refractivity contribution in [2.24, 2.45) is 16.8 Å². The first kappa shape index (κ1) is 16.7. The van der Waals surface area contributed by atoms with Gasteiger partial charge in [-0.2, -0.15) is 0 Å². The molecule has 1 rings (SSSR count). The van der Waals surface area contributed by atoms with Gasteiger partial charge >= 0.3 is 0 Å². The van der Waals surface area contributed by atoms with Crippen LogP contribution in [-0.4, -0.2) is 54.4 Å². The molecule has 1 amide bonds. The maximum Gasteiger partial charge on any atom is 0.240 e. The normalized spacial score (nSPS) is 24.1. The van der Waals surface area contributed by atoms with E-state index in [1.54, 1.807) is 13.8 Å². The molecule has 0 aromatic heterocycles. The molecule has 0 spiro atoms. The number of carbonyl (C=O) groups excluding carboxylic acids is 1. The molecule has 1 fully saturated rings. The molecule has 1 aliphatic heterocycles. The van der Waals surface area contributed by atoms with E-state index in [0.717, 1.165) is 6.42 Å². The third kappa shape index (κ3) is 3.84. The Morgan fingerprint density at radius 1 is 1.50 bits per heavy atom. The van der Waals surface area contributed by atoms with E-state index in [1.807, 2.05) is 0 Å². The van der Waals surface area contributed by atoms with Gasteiger partial charge in [-0.05, 0) is 19.8 Å². The van der Waals surface area contributed by atoms with E-state index in [0.29, 0.717) is 19.4 Å². The van der Waals surface area contributed by atoms with Gasteiger partial charge in [-0.25, -0.2) is 8.42 Å². The minimum atomic E-state index is -3.34. The second-order valence-electron chi connectivity index (χ2n) is 5.15. The monoisotopic (exact) mass is 305 g/mol. The van der Waals surface area contributed by atoms with Gasteiger partial charge in [0.15, 0.2) is 9.84 Å². The molecule has 1 heterocycles. The highest BCUT2D eigenvalue weighted by Crippen LogP contribution is 2.21. The molecule has 0 aromatic carbocycles. The summed E-state index contributed by atoms with van der Waals surface area (Å²) in [6.07, 6.45) is 1.76. The summed E-state index contributed by atoms with van der Waals surface area (Å²) < 4.78 is 24.0. The van der Waals surface area contributed by atoms with E-state index >= 15 is 0 Å². The van der Waals surface area contributed by atoms with Gasteiger partial charge in [0, 0.05) is 19.0 Å². The molecule has 116 valence electrons. The molecule has 0 saturated carbocycles. The Hall–Kier alpha value is -1.31. The summed E-state index contributed by atoms with van der Waals surface area (Å²) in [5.74, 6) is -0.584. The van der Waals surface area contributed by atoms with Crippen LogP contribution in [0, 0.1) is 5.92 Å². The van der Waals surface area contributed by atoms with Crippen molar-refractivity contribution in [2.45, 2.75) is 38.4 Å². The van der Waals surface area contributed by atoms with Gasteiger partial charge in [-0.3, -0.25) is 4.79 Å². The van der Waals surface area contributed by atoms with Crippen molar-refractivity contribution in [3.63, 3.8) is 0 Å². The van der Waals surface area contributed by atoms with Gasteiger partial charge in [0.25, 0.3) is 0 Å². The van der Waals surface area contributed by atoms with Crippen LogP contribution in [0.25, 0.3) is 0 Å². The number of carbonyl (C=O) groups is 1. The highest BCUT2D eigenvalue weighted by atomic mass is 32.2. The summed E-state index contributed by atoms with van der Waals surface area (Å²) in [7, 11) is -3.34. The van der Waals surface area contributed by atoms with Crippen molar-refractivity contribution < 1.29 is 18.4 Å². The highest BCUT2D eigenvalue weighted by Gasteiger charge is 2.37. The van der Waals surface area contributed by atoms with Crippen molar-refractivity contribution in [1.29, 1.82) is 0 Å². The van der Waals surface area contributed by atoms with E-state index in [9.17, 15) is 13.2 Å². The standard InChI is InChI=1S/C12H23N3O4S/c1-3-15(8-9(2)11(13)14-17)12(16)10-6-4-5-7-20(10,18)19/h9-10,17H,3-8H2,1-2H3,(H2,13,14). The first-order chi connectivity index (χ1) is 9.33. The fourth-order valence-corrected chi connectivity index (χ4v) is 4.21. The number of hydrogen-bond donors (Lipinski definition) is 2. The molecule has 2 atom stereocenters. The number of amidine groups is 1. The Bertz CT molecular complexity index is 475. The molecule has 20 heavy (non-hydrogen) atoms. The summed E-state index contributed by atoms with van der Waals surface area (Å²) in [6.45, 7) is 4.15. The summed E-state index contributed by atoms with van der Waals surface area (Å²) >= 11 is 0. The van der Waals surface area contributed by atoms with Crippen LogP contribution in [0.4, 0.5) is 0 Å². The second-order valence-corrected chi connectivity index (χ2v) is 7.46. The number of nitrogens with zero attached hydrogens (tertiary/aromatic N) is 2. The van der Waals surface area contributed by atoms with Crippen LogP contribution >= 0.6 is 0 Å². The molecule has 0 aromatic rings. The zero-order chi connectivity index (χ0) is 15.3. The van der Waals surface area contributed by atoms with Gasteiger partial charge in [0.05, 0.1) is 5.75 Å². The Morgan fingerprint density at radius 3 is 2.65 bits per heavy atom. The lowest BCUT2D eigenvalue weighted by Crippen LogP contribution is -2.47. The molecule has 0 aliphatic carbocycles. The molecule has 0 radical (unpaired) electrons. The molecular weight excluding hydrogens is 282 g/mol. The topological polar surface area (TPSA) is 113 Å². The minimum absolute atomic E-state index is 0.0303. The smallest absolute Gasteiger partial charge is 0.240 e. The van der Waals surface area contributed by atoms with E-state index in [2.05, 4.69) is 5.16 Å². The number of nitrogens with two attached hydrogens (primary N) is 1. The summed E-state index contributed by atoms with van der Waals surface area (Å²) in [5, 5.41) is 10.6. The lowest BCUT2D eigenvalue weighted by molar-refractivity contribution is -0.131. The molecular formula is C12H23N3O4S. The molecule has 1 saturated heterocycles. The van der Waals surface area contributed by atoms with E-state index in [-0.39, 0.29) is 30.0 Å². The fourth-order valence-electron chi connectivity index (χ4n) is 2.33. The quantitative estimate of drug-likeness (QED) is 0.326. The Labute approximate surface area is 119 Å². The van der Waals surface area contributed by atoms with Gasteiger partial charge in [0.2, 0.25) is 5.91 Å². The summed E-state index contributed by atoms with van der Waals surface area (Å²) in [6, 6.07) is 0. The van der Waals surface area contributed by atoms with E-state index in [1.165, 1.54) is 4.90 Å². The predicted molar refractivity (Wildman–Crippen MR) is 76.3 cm³/mol. The van der Waals surface area contributed by atoms with Gasteiger partial charge in [-0.1, -0.05) is 18.5 Å². The van der Waals surface area contributed by atoms with E-state index in [4.69, 9.17) is 10.9 Å². The fraction of sp³-hybridized carbons (Fsp3) is 0.833. The molecule has 7 nitrogen and oxygen atoms in total. The number of amides is 1. The lowest BCUT2D eigenvalue weighted by atomic mass is 10.1. The van der Waals surface area contributed by atoms with Crippen LogP contribution < -0.4 is 5.73 Å². The van der Waals surface area contributed by atoms with Crippen molar-refractivity contribution in [2.75, 3.05) is 18.8 Å². The number of rotatable bonds is 5. The van der Waals surface area contributed by atoms with Gasteiger partial charge < -0.3 is 15.8 Å². The number of hydrogen-bond acceptors (Lipinski definition) is 5. The van der Waals surface area contributed by atoms with Crippen molar-refractivity contribution in [3.05, 3.63) is 0 Å². The molecule has 0 bridgehead atoms. The summed E-state index contributed by atoms with van der Waals surface area (Å²) in [5.41, 5.74) is 5.50. The molecule has 8 heteroatoms. The maximum absolute atomic E-state index is 12.4. The van der Waals surface area contributed by atoms with Crippen molar-refractivity contribution in [3.8, 4) is 0 Å². The van der Waals surface area contributed by atoms with Gasteiger partial charge in [0.1, 0.15) is 11.1 Å². The lowest BCUT2D eigenvalue weighted by Gasteiger charge is -2.29. The number of oxime groups is 1. The van der Waals surface area contributed by atoms with Crippen LogP contribution in [0.1, 0.15) is 33.1 Å². The highest BCUT2D eigenvalue weighted by molar-refractivity contribution is 7.92. The Balaban J connectivity index is 2.81. The first-order valence-corrected chi connectivity index (χ1v) is 8.52. The molecule has 1 aliphatic rings. The molecule has 2 unspecified atom stereocenters. The third-order valence-electron chi connectivity index (χ3n) is 3.66. The largest absolute Gasteiger partial charge is 0.409 e. The van der Waals surface area contributed by atoms with E-state index < -0.39 is 15.1 Å². The van der Waals surface area contributed by atoms with Crippen molar-refractivity contribution >= 4 is 21.6 Å². The maximum atomic E-state index is 12.4. The number of sulfone groups is 1. The Morgan fingerprint density at radius 2 is 2.15 bits per heavy atom. The van der Waals surface area contributed by atoms with Crippen LogP contribution in [0.5, 0.6) is 0 Å². The second kappa shape index (κ2) is 6.92. The average molecular weight is 305 g/mol. The zero-order valence-corrected chi connectivity index (χ0v) is 12.8. The predicted octanol–water partition coefficient (Wildman–Crippen LogP) is 0.185. The van der Waals surface area contributed by atoms with Crippen LogP contribution in [0.15, 0.2) is 5.16 Å². The average Bonchev–Trinajstić information content (AvgIpc) is 2.42. The SMILES string of the molecule is CCN(CC(C)C(N)=NO)C(=O)C1CCCCS1(=O)=O. The zero-order valence-electron chi connectivity index (χ0n) is 11.9. The minimum Gasteiger partial charge on any atom is -0.409 e. The van der Waals surface area contributed by atoms with Gasteiger partial charge in [-0.15, -0.1) is 0 Å². The molecule has 3 N–H and O–H groups in total. The first-order valence-electron chi connectivity index (χ1n) is 6.81. The van der Waals surface area contributed by atoms with Crippen LogP contribution in [-0.2, 0) is 14.6 Å².